The fourth-order valence-electron chi connectivity index (χ4n) is 1.34. The first-order valence-corrected chi connectivity index (χ1v) is 4.23. The molecule has 0 amide bonds. The third kappa shape index (κ3) is 1.59. The number of halogens is 1. The number of hydrogen-bond acceptors (Lipinski definition) is 2. The summed E-state index contributed by atoms with van der Waals surface area (Å²) < 4.78 is 18.2. The summed E-state index contributed by atoms with van der Waals surface area (Å²) in [5.41, 5.74) is 7.62. The predicted octanol–water partition coefficient (Wildman–Crippen LogP) is 2.29. The van der Waals surface area contributed by atoms with E-state index in [4.69, 9.17) is 10.5 Å². The Hall–Kier alpha value is -1.25. The Morgan fingerprint density at radius 3 is 2.62 bits per heavy atom. The minimum atomic E-state index is -0.313. The average Bonchev–Trinajstić information content (AvgIpc) is 2.13. The molecule has 3 heteroatoms. The molecule has 0 aromatic heterocycles. The van der Waals surface area contributed by atoms with E-state index in [2.05, 4.69) is 0 Å². The Kier molecular flexibility index (Phi) is 2.76. The van der Waals surface area contributed by atoms with Gasteiger partial charge in [-0.1, -0.05) is 6.92 Å². The molecule has 72 valence electrons. The van der Waals surface area contributed by atoms with Gasteiger partial charge in [0.25, 0.3) is 0 Å². The summed E-state index contributed by atoms with van der Waals surface area (Å²) in [5, 5.41) is 0. The summed E-state index contributed by atoms with van der Waals surface area (Å²) in [4.78, 5) is 0. The maximum Gasteiger partial charge on any atom is 0.131 e. The standard InChI is InChI=1S/C10H14FNO/c1-4-7-9(13-3)5-8(11)6(2)10(7)12/h5H,4,12H2,1-3H3. The summed E-state index contributed by atoms with van der Waals surface area (Å²) in [6.45, 7) is 3.63. The van der Waals surface area contributed by atoms with Gasteiger partial charge in [0.2, 0.25) is 0 Å². The molecule has 0 saturated carbocycles. The molecule has 0 bridgehead atoms. The van der Waals surface area contributed by atoms with Crippen LogP contribution in [0.15, 0.2) is 6.07 Å². The van der Waals surface area contributed by atoms with E-state index in [9.17, 15) is 4.39 Å². The molecule has 0 aliphatic carbocycles. The smallest absolute Gasteiger partial charge is 0.131 e. The maximum atomic E-state index is 13.2. The summed E-state index contributed by atoms with van der Waals surface area (Å²) in [6, 6.07) is 1.38. The highest BCUT2D eigenvalue weighted by Crippen LogP contribution is 2.29. The topological polar surface area (TPSA) is 35.2 Å². The molecule has 0 spiro atoms. The number of hydrogen-bond donors (Lipinski definition) is 1. The van der Waals surface area contributed by atoms with E-state index in [1.54, 1.807) is 6.92 Å². The number of nitrogen functional groups attached to an aromatic ring is 1. The monoisotopic (exact) mass is 183 g/mol. The van der Waals surface area contributed by atoms with Crippen LogP contribution in [0.2, 0.25) is 0 Å². The van der Waals surface area contributed by atoms with Gasteiger partial charge >= 0.3 is 0 Å². The first kappa shape index (κ1) is 9.84. The Morgan fingerprint density at radius 2 is 2.15 bits per heavy atom. The molecule has 1 aromatic carbocycles. The van der Waals surface area contributed by atoms with Crippen molar-refractivity contribution in [2.45, 2.75) is 20.3 Å². The fourth-order valence-corrected chi connectivity index (χ4v) is 1.34. The Bertz CT molecular complexity index is 323. The second kappa shape index (κ2) is 3.64. The lowest BCUT2D eigenvalue weighted by molar-refractivity contribution is 0.406. The normalized spacial score (nSPS) is 10.2. The van der Waals surface area contributed by atoms with Gasteiger partial charge < -0.3 is 10.5 Å². The molecule has 1 rings (SSSR count). The molecule has 0 atom stereocenters. The van der Waals surface area contributed by atoms with E-state index in [0.29, 0.717) is 17.0 Å². The SMILES string of the molecule is CCc1c(OC)cc(F)c(C)c1N. The largest absolute Gasteiger partial charge is 0.496 e. The van der Waals surface area contributed by atoms with Crippen LogP contribution >= 0.6 is 0 Å². The second-order valence-electron chi connectivity index (χ2n) is 2.93. The molecular formula is C10H14FNO. The Morgan fingerprint density at radius 1 is 1.54 bits per heavy atom. The number of nitrogens with two attached hydrogens (primary N) is 1. The van der Waals surface area contributed by atoms with E-state index < -0.39 is 0 Å². The molecule has 2 N–H and O–H groups in total. The number of anilines is 1. The summed E-state index contributed by atoms with van der Waals surface area (Å²) in [5.74, 6) is 0.217. The third-order valence-corrected chi connectivity index (χ3v) is 2.22. The predicted molar refractivity (Wildman–Crippen MR) is 51.5 cm³/mol. The van der Waals surface area contributed by atoms with Crippen LogP contribution in [-0.4, -0.2) is 7.11 Å². The van der Waals surface area contributed by atoms with E-state index in [-0.39, 0.29) is 5.82 Å². The van der Waals surface area contributed by atoms with E-state index in [1.807, 2.05) is 6.92 Å². The number of ether oxygens (including phenoxy) is 1. The Labute approximate surface area is 77.5 Å². The summed E-state index contributed by atoms with van der Waals surface area (Å²) in [7, 11) is 1.52. The quantitative estimate of drug-likeness (QED) is 0.714. The molecule has 0 unspecified atom stereocenters. The lowest BCUT2D eigenvalue weighted by Gasteiger charge is -2.12. The number of methoxy groups -OCH3 is 1. The van der Waals surface area contributed by atoms with Gasteiger partial charge in [0.1, 0.15) is 11.6 Å². The lowest BCUT2D eigenvalue weighted by Crippen LogP contribution is -2.02. The highest BCUT2D eigenvalue weighted by molar-refractivity contribution is 5.59. The fraction of sp³-hybridized carbons (Fsp3) is 0.400. The molecule has 0 aliphatic heterocycles. The van der Waals surface area contributed by atoms with Gasteiger partial charge in [-0.2, -0.15) is 0 Å². The van der Waals surface area contributed by atoms with Crippen molar-refractivity contribution in [3.8, 4) is 5.75 Å². The molecule has 0 aliphatic rings. The lowest BCUT2D eigenvalue weighted by atomic mass is 10.0. The molecule has 0 heterocycles. The van der Waals surface area contributed by atoms with Crippen LogP contribution in [0.1, 0.15) is 18.1 Å². The van der Waals surface area contributed by atoms with Gasteiger partial charge in [0, 0.05) is 22.9 Å². The van der Waals surface area contributed by atoms with E-state index >= 15 is 0 Å². The van der Waals surface area contributed by atoms with Crippen molar-refractivity contribution >= 4 is 5.69 Å². The van der Waals surface area contributed by atoms with Crippen LogP contribution in [0, 0.1) is 12.7 Å². The van der Waals surface area contributed by atoms with Crippen LogP contribution in [0.5, 0.6) is 5.75 Å². The van der Waals surface area contributed by atoms with E-state index in [1.165, 1.54) is 13.2 Å². The van der Waals surface area contributed by atoms with Crippen LogP contribution < -0.4 is 10.5 Å². The third-order valence-electron chi connectivity index (χ3n) is 2.22. The summed E-state index contributed by atoms with van der Waals surface area (Å²) in [6.07, 6.45) is 0.746. The summed E-state index contributed by atoms with van der Waals surface area (Å²) >= 11 is 0. The first-order chi connectivity index (χ1) is 6.11. The zero-order valence-electron chi connectivity index (χ0n) is 8.15. The van der Waals surface area contributed by atoms with Crippen LogP contribution in [0.4, 0.5) is 10.1 Å². The van der Waals surface area contributed by atoms with Crippen molar-refractivity contribution in [3.05, 3.63) is 23.0 Å². The van der Waals surface area contributed by atoms with E-state index in [0.717, 1.165) is 12.0 Å². The molecular weight excluding hydrogens is 169 g/mol. The molecule has 13 heavy (non-hydrogen) atoms. The number of rotatable bonds is 2. The van der Waals surface area contributed by atoms with Gasteiger partial charge in [-0.15, -0.1) is 0 Å². The zero-order chi connectivity index (χ0) is 10.0. The minimum absolute atomic E-state index is 0.313. The number of benzene rings is 1. The van der Waals surface area contributed by atoms with Crippen molar-refractivity contribution in [2.75, 3.05) is 12.8 Å². The zero-order valence-corrected chi connectivity index (χ0v) is 8.15. The van der Waals surface area contributed by atoms with Crippen molar-refractivity contribution in [3.63, 3.8) is 0 Å². The van der Waals surface area contributed by atoms with Crippen molar-refractivity contribution < 1.29 is 9.13 Å². The van der Waals surface area contributed by atoms with Crippen LogP contribution in [0.25, 0.3) is 0 Å². The van der Waals surface area contributed by atoms with Gasteiger partial charge in [-0.25, -0.2) is 4.39 Å². The van der Waals surface area contributed by atoms with Crippen molar-refractivity contribution in [2.24, 2.45) is 0 Å². The highest BCUT2D eigenvalue weighted by Gasteiger charge is 2.11. The maximum absolute atomic E-state index is 13.2. The molecule has 0 radical (unpaired) electrons. The molecule has 0 saturated heterocycles. The Balaban J connectivity index is 3.39. The average molecular weight is 183 g/mol. The van der Waals surface area contributed by atoms with Gasteiger partial charge in [-0.3, -0.25) is 0 Å². The van der Waals surface area contributed by atoms with Crippen molar-refractivity contribution in [1.29, 1.82) is 0 Å². The highest BCUT2D eigenvalue weighted by atomic mass is 19.1. The molecule has 1 aromatic rings. The van der Waals surface area contributed by atoms with Gasteiger partial charge in [0.05, 0.1) is 7.11 Å². The molecule has 0 fully saturated rings. The molecule has 2 nitrogen and oxygen atoms in total. The van der Waals surface area contributed by atoms with Crippen LogP contribution in [0.3, 0.4) is 0 Å². The van der Waals surface area contributed by atoms with Gasteiger partial charge in [-0.05, 0) is 13.3 Å². The van der Waals surface area contributed by atoms with Crippen molar-refractivity contribution in [1.82, 2.24) is 0 Å². The van der Waals surface area contributed by atoms with Crippen LogP contribution in [-0.2, 0) is 6.42 Å². The first-order valence-electron chi connectivity index (χ1n) is 4.23. The minimum Gasteiger partial charge on any atom is -0.496 e. The second-order valence-corrected chi connectivity index (χ2v) is 2.93. The van der Waals surface area contributed by atoms with Gasteiger partial charge in [0.15, 0.2) is 0 Å².